The van der Waals surface area contributed by atoms with Gasteiger partial charge in [-0.05, 0) is 18.8 Å². The highest BCUT2D eigenvalue weighted by Crippen LogP contribution is 2.25. The number of hydrogen-bond donors (Lipinski definition) is 1. The van der Waals surface area contributed by atoms with Crippen molar-refractivity contribution in [1.82, 2.24) is 19.7 Å². The number of aromatic nitrogens is 3. The van der Waals surface area contributed by atoms with Crippen molar-refractivity contribution < 1.29 is 9.53 Å². The maximum atomic E-state index is 12.2. The number of imidazole rings is 1. The van der Waals surface area contributed by atoms with Crippen LogP contribution in [0.2, 0.25) is 0 Å². The Kier molecular flexibility index (Phi) is 4.68. The first-order valence-electron chi connectivity index (χ1n) is 7.93. The van der Waals surface area contributed by atoms with Crippen molar-refractivity contribution in [2.75, 3.05) is 13.2 Å². The molecule has 1 saturated carbocycles. The predicted molar refractivity (Wildman–Crippen MR) is 82.7 cm³/mol. The van der Waals surface area contributed by atoms with Gasteiger partial charge in [-0.3, -0.25) is 4.79 Å². The third-order valence-electron chi connectivity index (χ3n) is 4.28. The zero-order valence-electron chi connectivity index (χ0n) is 12.9. The number of amides is 1. The first-order chi connectivity index (χ1) is 10.8. The summed E-state index contributed by atoms with van der Waals surface area (Å²) in [7, 11) is 0. The van der Waals surface area contributed by atoms with E-state index in [-0.39, 0.29) is 5.91 Å². The largest absolute Gasteiger partial charge is 0.376 e. The number of nitrogens with one attached hydrogen (secondary N) is 1. The van der Waals surface area contributed by atoms with E-state index in [0.29, 0.717) is 36.5 Å². The molecule has 2 atom stereocenters. The Hall–Kier alpha value is -1.95. The summed E-state index contributed by atoms with van der Waals surface area (Å²) in [6, 6.07) is 0. The summed E-state index contributed by atoms with van der Waals surface area (Å²) in [5.74, 6) is 0.405. The van der Waals surface area contributed by atoms with Gasteiger partial charge >= 0.3 is 0 Å². The average Bonchev–Trinajstić information content (AvgIpc) is 3.01. The quantitative estimate of drug-likeness (QED) is 0.858. The van der Waals surface area contributed by atoms with E-state index in [4.69, 9.17) is 4.74 Å². The third kappa shape index (κ3) is 3.27. The molecule has 2 aromatic heterocycles. The molecular formula is C16H22N4O2. The van der Waals surface area contributed by atoms with Crippen LogP contribution < -0.4 is 5.32 Å². The SMILES string of the molecule is C[C@H]1CCCC[C@H]1OCCNC(=O)c1nccn2ccnc12. The number of hydrogen-bond acceptors (Lipinski definition) is 4. The number of fused-ring (bicyclic) bond motifs is 1. The minimum Gasteiger partial charge on any atom is -0.376 e. The summed E-state index contributed by atoms with van der Waals surface area (Å²) >= 11 is 0. The molecule has 2 aromatic rings. The van der Waals surface area contributed by atoms with Gasteiger partial charge in [-0.1, -0.05) is 19.8 Å². The highest BCUT2D eigenvalue weighted by Gasteiger charge is 2.21. The summed E-state index contributed by atoms with van der Waals surface area (Å²) in [6.07, 6.45) is 12.1. The van der Waals surface area contributed by atoms with Crippen LogP contribution in [0.3, 0.4) is 0 Å². The van der Waals surface area contributed by atoms with Crippen LogP contribution in [-0.4, -0.2) is 39.5 Å². The minimum absolute atomic E-state index is 0.211. The Morgan fingerprint density at radius 3 is 2.91 bits per heavy atom. The topological polar surface area (TPSA) is 68.5 Å². The molecule has 0 unspecified atom stereocenters. The summed E-state index contributed by atoms with van der Waals surface area (Å²) in [4.78, 5) is 20.5. The van der Waals surface area contributed by atoms with Gasteiger partial charge in [0.2, 0.25) is 0 Å². The fourth-order valence-corrected chi connectivity index (χ4v) is 3.00. The number of rotatable bonds is 5. The van der Waals surface area contributed by atoms with Crippen LogP contribution >= 0.6 is 0 Å². The molecule has 0 aliphatic heterocycles. The van der Waals surface area contributed by atoms with Crippen LogP contribution in [0, 0.1) is 5.92 Å². The van der Waals surface area contributed by atoms with Gasteiger partial charge < -0.3 is 14.5 Å². The van der Waals surface area contributed by atoms with Gasteiger partial charge in [-0.25, -0.2) is 9.97 Å². The molecule has 0 radical (unpaired) electrons. The van der Waals surface area contributed by atoms with E-state index in [1.807, 2.05) is 0 Å². The van der Waals surface area contributed by atoms with Gasteiger partial charge in [0, 0.05) is 31.3 Å². The molecule has 0 bridgehead atoms. The van der Waals surface area contributed by atoms with Crippen LogP contribution in [0.25, 0.3) is 5.65 Å². The molecule has 22 heavy (non-hydrogen) atoms. The lowest BCUT2D eigenvalue weighted by molar-refractivity contribution is -0.00294. The number of carbonyl (C=O) groups is 1. The molecule has 0 saturated heterocycles. The van der Waals surface area contributed by atoms with E-state index >= 15 is 0 Å². The zero-order chi connectivity index (χ0) is 15.4. The first-order valence-corrected chi connectivity index (χ1v) is 7.93. The predicted octanol–water partition coefficient (Wildman–Crippen LogP) is 2.05. The van der Waals surface area contributed by atoms with Gasteiger partial charge in [-0.15, -0.1) is 0 Å². The summed E-state index contributed by atoms with van der Waals surface area (Å²) < 4.78 is 7.68. The molecule has 6 heteroatoms. The second-order valence-electron chi connectivity index (χ2n) is 5.86. The summed E-state index contributed by atoms with van der Waals surface area (Å²) in [5, 5.41) is 2.86. The highest BCUT2D eigenvalue weighted by atomic mass is 16.5. The van der Waals surface area contributed by atoms with Crippen LogP contribution in [0.4, 0.5) is 0 Å². The number of carbonyl (C=O) groups excluding carboxylic acids is 1. The van der Waals surface area contributed by atoms with E-state index in [2.05, 4.69) is 22.2 Å². The van der Waals surface area contributed by atoms with Gasteiger partial charge in [0.1, 0.15) is 0 Å². The maximum absolute atomic E-state index is 12.2. The molecule has 1 amide bonds. The smallest absolute Gasteiger partial charge is 0.273 e. The first kappa shape index (κ1) is 15.0. The Morgan fingerprint density at radius 1 is 1.32 bits per heavy atom. The fraction of sp³-hybridized carbons (Fsp3) is 0.562. The van der Waals surface area contributed by atoms with Gasteiger partial charge in [-0.2, -0.15) is 0 Å². The van der Waals surface area contributed by atoms with Crippen molar-refractivity contribution in [2.45, 2.75) is 38.7 Å². The third-order valence-corrected chi connectivity index (χ3v) is 4.28. The molecule has 1 aliphatic rings. The van der Waals surface area contributed by atoms with E-state index < -0.39 is 0 Å². The molecule has 0 aromatic carbocycles. The maximum Gasteiger partial charge on any atom is 0.273 e. The zero-order valence-corrected chi connectivity index (χ0v) is 12.9. The molecule has 1 N–H and O–H groups in total. The van der Waals surface area contributed by atoms with Crippen molar-refractivity contribution in [3.8, 4) is 0 Å². The van der Waals surface area contributed by atoms with Crippen LogP contribution in [0.15, 0.2) is 24.8 Å². The molecule has 6 nitrogen and oxygen atoms in total. The summed E-state index contributed by atoms with van der Waals surface area (Å²) in [5.41, 5.74) is 0.917. The molecule has 1 aliphatic carbocycles. The second kappa shape index (κ2) is 6.87. The standard InChI is InChI=1S/C16H22N4O2/c1-12-4-2-3-5-13(12)22-11-8-19-16(21)14-15-18-7-10-20(15)9-6-17-14/h6-7,9-10,12-13H,2-5,8,11H2,1H3,(H,19,21)/t12-,13+/m0/s1. The van der Waals surface area contributed by atoms with E-state index in [9.17, 15) is 4.79 Å². The monoisotopic (exact) mass is 302 g/mol. The lowest BCUT2D eigenvalue weighted by Crippen LogP contribution is -2.32. The molecule has 3 rings (SSSR count). The molecule has 1 fully saturated rings. The van der Waals surface area contributed by atoms with Gasteiger partial charge in [0.15, 0.2) is 11.3 Å². The number of nitrogens with zero attached hydrogens (tertiary/aromatic N) is 3. The Balaban J connectivity index is 1.49. The molecule has 0 spiro atoms. The summed E-state index contributed by atoms with van der Waals surface area (Å²) in [6.45, 7) is 3.27. The fourth-order valence-electron chi connectivity index (χ4n) is 3.00. The Bertz CT molecular complexity index is 640. The van der Waals surface area contributed by atoms with Crippen molar-refractivity contribution in [1.29, 1.82) is 0 Å². The van der Waals surface area contributed by atoms with E-state index in [1.165, 1.54) is 19.3 Å². The molecule has 2 heterocycles. The Labute approximate surface area is 129 Å². The van der Waals surface area contributed by atoms with Gasteiger partial charge in [0.05, 0.1) is 12.7 Å². The molecule has 118 valence electrons. The minimum atomic E-state index is -0.211. The van der Waals surface area contributed by atoms with Crippen molar-refractivity contribution in [3.63, 3.8) is 0 Å². The van der Waals surface area contributed by atoms with Crippen molar-refractivity contribution in [3.05, 3.63) is 30.5 Å². The number of ether oxygens (including phenoxy) is 1. The highest BCUT2D eigenvalue weighted by molar-refractivity contribution is 5.97. The lowest BCUT2D eigenvalue weighted by atomic mass is 9.88. The van der Waals surface area contributed by atoms with Crippen LogP contribution in [0.1, 0.15) is 43.1 Å². The lowest BCUT2D eigenvalue weighted by Gasteiger charge is -2.28. The van der Waals surface area contributed by atoms with E-state index in [1.54, 1.807) is 29.2 Å². The average molecular weight is 302 g/mol. The normalized spacial score (nSPS) is 21.9. The Morgan fingerprint density at radius 2 is 2.09 bits per heavy atom. The second-order valence-corrected chi connectivity index (χ2v) is 5.86. The van der Waals surface area contributed by atoms with Crippen LogP contribution in [0.5, 0.6) is 0 Å². The van der Waals surface area contributed by atoms with Crippen molar-refractivity contribution >= 4 is 11.6 Å². The van der Waals surface area contributed by atoms with Crippen LogP contribution in [-0.2, 0) is 4.74 Å². The van der Waals surface area contributed by atoms with E-state index in [0.717, 1.165) is 6.42 Å². The van der Waals surface area contributed by atoms with Gasteiger partial charge in [0.25, 0.3) is 5.91 Å². The van der Waals surface area contributed by atoms with Crippen molar-refractivity contribution in [2.24, 2.45) is 5.92 Å². The molecular weight excluding hydrogens is 280 g/mol.